The topological polar surface area (TPSA) is 72.2 Å². The fourth-order valence-corrected chi connectivity index (χ4v) is 4.43. The van der Waals surface area contributed by atoms with Crippen LogP contribution in [0.3, 0.4) is 0 Å². The van der Waals surface area contributed by atoms with E-state index in [1.54, 1.807) is 12.3 Å². The number of carbonyl (C=O) groups is 1. The minimum Gasteiger partial charge on any atom is -0.323 e. The molecule has 4 heterocycles. The first kappa shape index (κ1) is 16.8. The Morgan fingerprint density at radius 1 is 1.04 bits per heavy atom. The van der Waals surface area contributed by atoms with E-state index in [9.17, 15) is 9.59 Å². The van der Waals surface area contributed by atoms with E-state index >= 15 is 0 Å². The summed E-state index contributed by atoms with van der Waals surface area (Å²) in [6.45, 7) is 1.93. The van der Waals surface area contributed by atoms with Gasteiger partial charge in [0.25, 0.3) is 5.56 Å². The molecule has 2 bridgehead atoms. The van der Waals surface area contributed by atoms with Gasteiger partial charge >= 0.3 is 6.03 Å². The number of para-hydroxylation sites is 1. The molecule has 2 aliphatic heterocycles. The third-order valence-corrected chi connectivity index (χ3v) is 5.66. The van der Waals surface area contributed by atoms with E-state index in [0.717, 1.165) is 17.8 Å². The summed E-state index contributed by atoms with van der Waals surface area (Å²) in [5, 5.41) is 2.95. The van der Waals surface area contributed by atoms with Crippen LogP contribution in [0.2, 0.25) is 0 Å². The molecule has 7 nitrogen and oxygen atoms in total. The minimum absolute atomic E-state index is 0.0509. The van der Waals surface area contributed by atoms with Crippen molar-refractivity contribution in [3.05, 3.63) is 77.0 Å². The molecule has 0 radical (unpaired) electrons. The molecule has 1 N–H and O–H groups in total. The van der Waals surface area contributed by atoms with E-state index in [4.69, 9.17) is 0 Å². The van der Waals surface area contributed by atoms with E-state index in [1.807, 2.05) is 62.7 Å². The molecular formula is C21H21N5O2. The zero-order chi connectivity index (χ0) is 19.1. The number of fused-ring (bicyclic) bond motifs is 4. The summed E-state index contributed by atoms with van der Waals surface area (Å²) in [4.78, 5) is 31.3. The Labute approximate surface area is 162 Å². The number of likely N-dealkylation sites (tertiary alicyclic amines) is 1. The molecule has 1 fully saturated rings. The maximum Gasteiger partial charge on any atom is 0.324 e. The first-order valence-corrected chi connectivity index (χ1v) is 9.53. The van der Waals surface area contributed by atoms with Crippen LogP contribution in [0.4, 0.5) is 10.7 Å². The van der Waals surface area contributed by atoms with Crippen LogP contribution in [-0.2, 0) is 6.54 Å². The SMILES string of the molecule is O=C(Nc1nccn1-c1ccccc1)N1C[C@@H]2C[C@H](C1)c1cccc(=O)n1C2. The van der Waals surface area contributed by atoms with Crippen molar-refractivity contribution in [2.24, 2.45) is 5.92 Å². The van der Waals surface area contributed by atoms with Crippen LogP contribution in [0.5, 0.6) is 0 Å². The smallest absolute Gasteiger partial charge is 0.323 e. The number of hydrogen-bond acceptors (Lipinski definition) is 3. The summed E-state index contributed by atoms with van der Waals surface area (Å²) < 4.78 is 3.73. The molecule has 3 aromatic rings. The molecule has 0 unspecified atom stereocenters. The van der Waals surface area contributed by atoms with Crippen molar-refractivity contribution in [2.45, 2.75) is 18.9 Å². The number of urea groups is 1. The number of carbonyl (C=O) groups excluding carboxylic acids is 1. The Morgan fingerprint density at radius 2 is 1.89 bits per heavy atom. The molecule has 0 saturated carbocycles. The second-order valence-corrected chi connectivity index (χ2v) is 7.49. The number of nitrogens with one attached hydrogen (secondary N) is 1. The van der Waals surface area contributed by atoms with Crippen molar-refractivity contribution >= 4 is 12.0 Å². The van der Waals surface area contributed by atoms with E-state index in [2.05, 4.69) is 10.3 Å². The Hall–Kier alpha value is -3.35. The van der Waals surface area contributed by atoms with Gasteiger partial charge in [-0.15, -0.1) is 0 Å². The van der Waals surface area contributed by atoms with Gasteiger partial charge in [0.05, 0.1) is 0 Å². The van der Waals surface area contributed by atoms with Gasteiger partial charge in [0.2, 0.25) is 5.95 Å². The van der Waals surface area contributed by atoms with Gasteiger partial charge in [-0.3, -0.25) is 14.7 Å². The molecule has 2 atom stereocenters. The van der Waals surface area contributed by atoms with Crippen LogP contribution in [0.1, 0.15) is 18.0 Å². The third-order valence-electron chi connectivity index (χ3n) is 5.66. The average molecular weight is 375 g/mol. The Kier molecular flexibility index (Phi) is 4.00. The number of hydrogen-bond donors (Lipinski definition) is 1. The highest BCUT2D eigenvalue weighted by atomic mass is 16.2. The number of piperidine rings is 1. The highest BCUT2D eigenvalue weighted by Crippen LogP contribution is 2.35. The number of imidazole rings is 1. The summed E-state index contributed by atoms with van der Waals surface area (Å²) in [7, 11) is 0. The van der Waals surface area contributed by atoms with Crippen LogP contribution in [0.25, 0.3) is 5.69 Å². The molecule has 7 heteroatoms. The van der Waals surface area contributed by atoms with Crippen LogP contribution >= 0.6 is 0 Å². The Bertz CT molecular complexity index is 1070. The van der Waals surface area contributed by atoms with Gasteiger partial charge in [0.1, 0.15) is 0 Å². The normalized spacial score (nSPS) is 20.5. The summed E-state index contributed by atoms with van der Waals surface area (Å²) in [6.07, 6.45) is 4.53. The first-order valence-electron chi connectivity index (χ1n) is 9.53. The summed E-state index contributed by atoms with van der Waals surface area (Å²) in [6, 6.07) is 15.1. The van der Waals surface area contributed by atoms with Crippen molar-refractivity contribution in [1.82, 2.24) is 19.0 Å². The molecule has 2 amide bonds. The summed E-state index contributed by atoms with van der Waals surface area (Å²) in [5.74, 6) is 0.996. The number of pyridine rings is 1. The second-order valence-electron chi connectivity index (χ2n) is 7.49. The highest BCUT2D eigenvalue weighted by molar-refractivity contribution is 5.88. The first-order chi connectivity index (χ1) is 13.7. The maximum atomic E-state index is 13.0. The molecule has 28 heavy (non-hydrogen) atoms. The van der Waals surface area contributed by atoms with Crippen LogP contribution in [0.15, 0.2) is 65.7 Å². The lowest BCUT2D eigenvalue weighted by Gasteiger charge is -2.42. The fraction of sp³-hybridized carbons (Fsp3) is 0.286. The largest absolute Gasteiger partial charge is 0.324 e. The van der Waals surface area contributed by atoms with Crippen molar-refractivity contribution in [3.63, 3.8) is 0 Å². The molecule has 0 spiro atoms. The van der Waals surface area contributed by atoms with Gasteiger partial charge in [-0.05, 0) is 30.5 Å². The molecule has 1 aromatic carbocycles. The van der Waals surface area contributed by atoms with Gasteiger partial charge in [0, 0.05) is 55.4 Å². The van der Waals surface area contributed by atoms with Crippen molar-refractivity contribution < 1.29 is 4.79 Å². The third kappa shape index (κ3) is 2.89. The number of amides is 2. The Balaban J connectivity index is 1.36. The van der Waals surface area contributed by atoms with E-state index < -0.39 is 0 Å². The van der Waals surface area contributed by atoms with Gasteiger partial charge in [-0.25, -0.2) is 9.78 Å². The lowest BCUT2D eigenvalue weighted by atomic mass is 9.83. The summed E-state index contributed by atoms with van der Waals surface area (Å²) >= 11 is 0. The lowest BCUT2D eigenvalue weighted by molar-refractivity contribution is 0.139. The number of aromatic nitrogens is 3. The van der Waals surface area contributed by atoms with Crippen molar-refractivity contribution in [2.75, 3.05) is 18.4 Å². The number of rotatable bonds is 2. The van der Waals surface area contributed by atoms with E-state index in [0.29, 0.717) is 31.5 Å². The van der Waals surface area contributed by atoms with E-state index in [1.165, 1.54) is 0 Å². The number of benzene rings is 1. The highest BCUT2D eigenvalue weighted by Gasteiger charge is 2.36. The zero-order valence-electron chi connectivity index (χ0n) is 15.4. The predicted octanol–water partition coefficient (Wildman–Crippen LogP) is 2.69. The summed E-state index contributed by atoms with van der Waals surface area (Å²) in [5.41, 5.74) is 2.03. The monoisotopic (exact) mass is 375 g/mol. The van der Waals surface area contributed by atoms with Gasteiger partial charge in [-0.2, -0.15) is 0 Å². The molecule has 5 rings (SSSR count). The minimum atomic E-state index is -0.148. The zero-order valence-corrected chi connectivity index (χ0v) is 15.4. The number of nitrogens with zero attached hydrogens (tertiary/aromatic N) is 4. The quantitative estimate of drug-likeness (QED) is 0.749. The van der Waals surface area contributed by atoms with Crippen molar-refractivity contribution in [3.8, 4) is 5.69 Å². The molecule has 0 aliphatic carbocycles. The van der Waals surface area contributed by atoms with Crippen LogP contribution < -0.4 is 10.9 Å². The van der Waals surface area contributed by atoms with Gasteiger partial charge < -0.3 is 9.47 Å². The van der Waals surface area contributed by atoms with E-state index in [-0.39, 0.29) is 17.5 Å². The number of anilines is 1. The molecule has 1 saturated heterocycles. The molecule has 142 valence electrons. The van der Waals surface area contributed by atoms with Crippen molar-refractivity contribution in [1.29, 1.82) is 0 Å². The van der Waals surface area contributed by atoms with Crippen LogP contribution in [-0.4, -0.2) is 38.1 Å². The standard InChI is InChI=1S/C21H21N5O2/c27-19-8-4-7-18-16-11-15(13-26(18)19)12-24(14-16)21(28)23-20-22-9-10-25(20)17-5-2-1-3-6-17/h1-10,15-16H,11-14H2,(H,22,23,28)/t15-,16+/m0/s1. The van der Waals surface area contributed by atoms with Gasteiger partial charge in [-0.1, -0.05) is 24.3 Å². The average Bonchev–Trinajstić information content (AvgIpc) is 3.17. The van der Waals surface area contributed by atoms with Gasteiger partial charge in [0.15, 0.2) is 0 Å². The molecular weight excluding hydrogens is 354 g/mol. The Morgan fingerprint density at radius 3 is 2.75 bits per heavy atom. The molecule has 2 aromatic heterocycles. The fourth-order valence-electron chi connectivity index (χ4n) is 4.43. The van der Waals surface area contributed by atoms with Crippen LogP contribution in [0, 0.1) is 5.92 Å². The molecule has 2 aliphatic rings. The second kappa shape index (κ2) is 6.67. The predicted molar refractivity (Wildman–Crippen MR) is 106 cm³/mol. The maximum absolute atomic E-state index is 13.0. The lowest BCUT2D eigenvalue weighted by Crippen LogP contribution is -2.50.